The van der Waals surface area contributed by atoms with Gasteiger partial charge in [-0.3, -0.25) is 9.78 Å². The van der Waals surface area contributed by atoms with E-state index < -0.39 is 5.91 Å². The van der Waals surface area contributed by atoms with Gasteiger partial charge in [-0.2, -0.15) is 4.99 Å². The standard InChI is InChI=1S/C12H12N4O/c13-12(14)16-11(17)9-6-8-4-2-1-3-5-10(8)15-7-9/h1-4,6-7H,5H2,(H4,13,14,16,17). The van der Waals surface area contributed by atoms with E-state index >= 15 is 0 Å². The SMILES string of the molecule is NC(N)=NC(=O)c1cnc2c(c1)C=CC=CC2. The van der Waals surface area contributed by atoms with Crippen LogP contribution in [0.1, 0.15) is 21.6 Å². The average Bonchev–Trinajstić information content (AvgIpc) is 2.51. The van der Waals surface area contributed by atoms with Gasteiger partial charge in [0, 0.05) is 12.6 Å². The molecule has 0 radical (unpaired) electrons. The summed E-state index contributed by atoms with van der Waals surface area (Å²) < 4.78 is 0. The lowest BCUT2D eigenvalue weighted by atomic mass is 10.1. The number of aliphatic imine (C=N–C) groups is 1. The van der Waals surface area contributed by atoms with Crippen LogP contribution >= 0.6 is 0 Å². The van der Waals surface area contributed by atoms with E-state index in [0.29, 0.717) is 5.56 Å². The van der Waals surface area contributed by atoms with E-state index in [2.05, 4.69) is 9.98 Å². The van der Waals surface area contributed by atoms with E-state index in [1.165, 1.54) is 6.20 Å². The number of guanidine groups is 1. The van der Waals surface area contributed by atoms with Crippen molar-refractivity contribution in [3.05, 3.63) is 47.3 Å². The Bertz CT molecular complexity index is 539. The molecule has 5 heteroatoms. The van der Waals surface area contributed by atoms with Crippen molar-refractivity contribution in [3.63, 3.8) is 0 Å². The molecule has 0 bridgehead atoms. The summed E-state index contributed by atoms with van der Waals surface area (Å²) in [6.07, 6.45) is 9.99. The third-order valence-electron chi connectivity index (χ3n) is 2.32. The van der Waals surface area contributed by atoms with Crippen molar-refractivity contribution < 1.29 is 4.79 Å². The highest BCUT2D eigenvalue weighted by molar-refractivity contribution is 6.02. The number of nitrogens with zero attached hydrogens (tertiary/aromatic N) is 2. The van der Waals surface area contributed by atoms with Gasteiger partial charge in [0.2, 0.25) is 0 Å². The molecule has 0 aliphatic heterocycles. The number of pyridine rings is 1. The first-order chi connectivity index (χ1) is 8.16. The molecule has 4 N–H and O–H groups in total. The van der Waals surface area contributed by atoms with Gasteiger partial charge in [0.1, 0.15) is 0 Å². The zero-order valence-corrected chi connectivity index (χ0v) is 9.13. The van der Waals surface area contributed by atoms with Gasteiger partial charge in [-0.1, -0.05) is 24.3 Å². The largest absolute Gasteiger partial charge is 0.370 e. The van der Waals surface area contributed by atoms with Crippen LogP contribution in [0.15, 0.2) is 35.5 Å². The molecule has 86 valence electrons. The van der Waals surface area contributed by atoms with E-state index in [9.17, 15) is 4.79 Å². The maximum Gasteiger partial charge on any atom is 0.281 e. The number of amides is 1. The number of aromatic nitrogens is 1. The molecule has 5 nitrogen and oxygen atoms in total. The van der Waals surface area contributed by atoms with Crippen LogP contribution in [0.25, 0.3) is 6.08 Å². The first kappa shape index (κ1) is 11.1. The molecule has 1 aliphatic carbocycles. The number of carbonyl (C=O) groups excluding carboxylic acids is 1. The van der Waals surface area contributed by atoms with Gasteiger partial charge in [-0.25, -0.2) is 0 Å². The van der Waals surface area contributed by atoms with E-state index in [1.807, 2.05) is 24.3 Å². The molecule has 0 saturated heterocycles. The van der Waals surface area contributed by atoms with Gasteiger partial charge in [0.25, 0.3) is 5.91 Å². The molecule has 0 aromatic carbocycles. The van der Waals surface area contributed by atoms with E-state index in [4.69, 9.17) is 11.5 Å². The second-order valence-corrected chi connectivity index (χ2v) is 3.59. The minimum absolute atomic E-state index is 0.248. The summed E-state index contributed by atoms with van der Waals surface area (Å²) in [5.74, 6) is -0.729. The summed E-state index contributed by atoms with van der Waals surface area (Å²) in [7, 11) is 0. The van der Waals surface area contributed by atoms with Gasteiger partial charge in [-0.05, 0) is 11.6 Å². The smallest absolute Gasteiger partial charge is 0.281 e. The van der Waals surface area contributed by atoms with E-state index in [-0.39, 0.29) is 5.96 Å². The van der Waals surface area contributed by atoms with Crippen molar-refractivity contribution in [2.45, 2.75) is 6.42 Å². The summed E-state index contributed by atoms with van der Waals surface area (Å²) in [5.41, 5.74) is 12.5. The van der Waals surface area contributed by atoms with Gasteiger partial charge in [0.15, 0.2) is 5.96 Å². The van der Waals surface area contributed by atoms with Gasteiger partial charge < -0.3 is 11.5 Å². The van der Waals surface area contributed by atoms with Crippen LogP contribution in [0.5, 0.6) is 0 Å². The fourth-order valence-corrected chi connectivity index (χ4v) is 1.54. The Kier molecular flexibility index (Phi) is 3.00. The van der Waals surface area contributed by atoms with Crippen LogP contribution in [-0.4, -0.2) is 16.9 Å². The summed E-state index contributed by atoms with van der Waals surface area (Å²) >= 11 is 0. The lowest BCUT2D eigenvalue weighted by molar-refractivity contribution is 0.100. The number of fused-ring (bicyclic) bond motifs is 1. The molecule has 0 atom stereocenters. The Balaban J connectivity index is 2.37. The molecule has 0 saturated carbocycles. The van der Waals surface area contributed by atoms with Crippen molar-refractivity contribution in [2.24, 2.45) is 16.5 Å². The number of nitrogens with two attached hydrogens (primary N) is 2. The summed E-state index contributed by atoms with van der Waals surface area (Å²) in [6, 6.07) is 1.74. The van der Waals surface area contributed by atoms with E-state index in [1.54, 1.807) is 6.07 Å². The van der Waals surface area contributed by atoms with Crippen molar-refractivity contribution in [1.82, 2.24) is 4.98 Å². The monoisotopic (exact) mass is 228 g/mol. The van der Waals surface area contributed by atoms with Crippen molar-refractivity contribution in [3.8, 4) is 0 Å². The molecule has 1 heterocycles. The highest BCUT2D eigenvalue weighted by atomic mass is 16.1. The Morgan fingerprint density at radius 2 is 2.18 bits per heavy atom. The Hall–Kier alpha value is -2.43. The predicted octanol–water partition coefficient (Wildman–Crippen LogP) is 0.621. The third kappa shape index (κ3) is 2.57. The zero-order chi connectivity index (χ0) is 12.3. The maximum absolute atomic E-state index is 11.6. The number of hydrogen-bond acceptors (Lipinski definition) is 2. The molecule has 0 fully saturated rings. The molecule has 1 aromatic rings. The van der Waals surface area contributed by atoms with Crippen LogP contribution in [0, 0.1) is 0 Å². The Labute approximate surface area is 98.6 Å². The molecular weight excluding hydrogens is 216 g/mol. The van der Waals surface area contributed by atoms with Gasteiger partial charge in [0.05, 0.1) is 11.3 Å². The number of allylic oxidation sites excluding steroid dienone is 3. The quantitative estimate of drug-likeness (QED) is 0.544. The van der Waals surface area contributed by atoms with Gasteiger partial charge >= 0.3 is 0 Å². The molecule has 0 spiro atoms. The minimum Gasteiger partial charge on any atom is -0.370 e. The van der Waals surface area contributed by atoms with Crippen molar-refractivity contribution in [2.75, 3.05) is 0 Å². The summed E-state index contributed by atoms with van der Waals surface area (Å²) in [5, 5.41) is 0. The minimum atomic E-state index is -0.481. The van der Waals surface area contributed by atoms with E-state index in [0.717, 1.165) is 17.7 Å². The Morgan fingerprint density at radius 1 is 1.35 bits per heavy atom. The summed E-state index contributed by atoms with van der Waals surface area (Å²) in [4.78, 5) is 19.3. The highest BCUT2D eigenvalue weighted by Gasteiger charge is 2.09. The zero-order valence-electron chi connectivity index (χ0n) is 9.13. The number of hydrogen-bond donors (Lipinski definition) is 2. The number of rotatable bonds is 1. The maximum atomic E-state index is 11.6. The first-order valence-corrected chi connectivity index (χ1v) is 5.13. The second-order valence-electron chi connectivity index (χ2n) is 3.59. The predicted molar refractivity (Wildman–Crippen MR) is 66.3 cm³/mol. The average molecular weight is 228 g/mol. The van der Waals surface area contributed by atoms with Crippen LogP contribution in [0.2, 0.25) is 0 Å². The molecule has 1 aliphatic rings. The summed E-state index contributed by atoms with van der Waals surface area (Å²) in [6.45, 7) is 0. The molecule has 2 rings (SSSR count). The molecular formula is C12H12N4O. The van der Waals surface area contributed by atoms with Crippen molar-refractivity contribution >= 4 is 17.9 Å². The lowest BCUT2D eigenvalue weighted by Crippen LogP contribution is -2.24. The molecule has 17 heavy (non-hydrogen) atoms. The van der Waals surface area contributed by atoms with Gasteiger partial charge in [-0.15, -0.1) is 0 Å². The molecule has 1 aromatic heterocycles. The Morgan fingerprint density at radius 3 is 2.94 bits per heavy atom. The molecule has 1 amide bonds. The van der Waals surface area contributed by atoms with Crippen LogP contribution < -0.4 is 11.5 Å². The third-order valence-corrected chi connectivity index (χ3v) is 2.32. The topological polar surface area (TPSA) is 94.4 Å². The number of carbonyl (C=O) groups is 1. The lowest BCUT2D eigenvalue weighted by Gasteiger charge is -2.03. The fourth-order valence-electron chi connectivity index (χ4n) is 1.54. The molecule has 0 unspecified atom stereocenters. The van der Waals surface area contributed by atoms with Crippen LogP contribution in [0.3, 0.4) is 0 Å². The highest BCUT2D eigenvalue weighted by Crippen LogP contribution is 2.15. The van der Waals surface area contributed by atoms with Crippen molar-refractivity contribution in [1.29, 1.82) is 0 Å². The van der Waals surface area contributed by atoms with Crippen LogP contribution in [-0.2, 0) is 6.42 Å². The van der Waals surface area contributed by atoms with Crippen LogP contribution in [0.4, 0.5) is 0 Å². The fraction of sp³-hybridized carbons (Fsp3) is 0.0833. The second kappa shape index (κ2) is 4.61. The first-order valence-electron chi connectivity index (χ1n) is 5.13. The normalized spacial score (nSPS) is 12.7.